The van der Waals surface area contributed by atoms with Crippen LogP contribution in [-0.2, 0) is 0 Å². The van der Waals surface area contributed by atoms with Crippen molar-refractivity contribution >= 4 is 17.1 Å². The monoisotopic (exact) mass is 254 g/mol. The molecule has 0 saturated carbocycles. The minimum atomic E-state index is -1.01. The summed E-state index contributed by atoms with van der Waals surface area (Å²) in [6.07, 6.45) is -0.752. The number of rotatable bonds is 2. The number of aliphatic hydroxyl groups excluding tert-OH is 1. The molecule has 0 unspecified atom stereocenters. The molecule has 0 spiro atoms. The Bertz CT molecular complexity index is 572. The van der Waals surface area contributed by atoms with Crippen molar-refractivity contribution in [2.24, 2.45) is 0 Å². The Morgan fingerprint density at radius 3 is 3.11 bits per heavy atom. The van der Waals surface area contributed by atoms with Gasteiger partial charge in [0.2, 0.25) is 0 Å². The number of oxazole rings is 1. The van der Waals surface area contributed by atoms with Gasteiger partial charge in [-0.05, 0) is 12.1 Å². The van der Waals surface area contributed by atoms with Gasteiger partial charge in [0, 0.05) is 12.5 Å². The molecule has 1 N–H and O–H groups in total. The number of hydrogen-bond acceptors (Lipinski definition) is 4. The van der Waals surface area contributed by atoms with Gasteiger partial charge in [-0.3, -0.25) is 0 Å². The van der Waals surface area contributed by atoms with Crippen molar-refractivity contribution < 1.29 is 18.3 Å². The molecule has 1 aromatic heterocycles. The zero-order chi connectivity index (χ0) is 12.7. The van der Waals surface area contributed by atoms with E-state index in [4.69, 9.17) is 4.42 Å². The van der Waals surface area contributed by atoms with Crippen LogP contribution in [0.5, 0.6) is 0 Å². The quantitative estimate of drug-likeness (QED) is 0.889. The Hall–Kier alpha value is -1.69. The highest BCUT2D eigenvalue weighted by Crippen LogP contribution is 2.29. The lowest BCUT2D eigenvalue weighted by atomic mass is 10.2. The second-order valence-electron chi connectivity index (χ2n) is 4.43. The predicted octanol–water partition coefficient (Wildman–Crippen LogP) is 1.88. The number of aliphatic hydroxyl groups is 1. The highest BCUT2D eigenvalue weighted by Gasteiger charge is 2.34. The molecule has 1 fully saturated rings. The smallest absolute Gasteiger partial charge is 0.298 e. The number of fused-ring (bicyclic) bond motifs is 1. The Labute approximate surface area is 102 Å². The van der Waals surface area contributed by atoms with E-state index in [0.29, 0.717) is 11.1 Å². The molecule has 6 heteroatoms. The third kappa shape index (κ3) is 1.82. The van der Waals surface area contributed by atoms with Crippen molar-refractivity contribution in [3.8, 4) is 0 Å². The molecule has 1 aliphatic heterocycles. The number of alkyl halides is 1. The molecule has 1 aromatic carbocycles. The lowest BCUT2D eigenvalue weighted by Gasteiger charge is -2.19. The third-order valence-corrected chi connectivity index (χ3v) is 3.16. The van der Waals surface area contributed by atoms with Gasteiger partial charge in [0.15, 0.2) is 5.58 Å². The lowest BCUT2D eigenvalue weighted by molar-refractivity contribution is 0.254. The lowest BCUT2D eigenvalue weighted by Crippen LogP contribution is -2.32. The maximum absolute atomic E-state index is 13.3. The summed E-state index contributed by atoms with van der Waals surface area (Å²) in [5, 5.41) is 9.20. The van der Waals surface area contributed by atoms with Crippen LogP contribution in [-0.4, -0.2) is 35.5 Å². The first kappa shape index (κ1) is 11.4. The largest absolute Gasteiger partial charge is 0.423 e. The summed E-state index contributed by atoms with van der Waals surface area (Å²) in [7, 11) is 0. The van der Waals surface area contributed by atoms with Crippen molar-refractivity contribution in [3.63, 3.8) is 0 Å². The maximum atomic E-state index is 13.3. The fourth-order valence-corrected chi connectivity index (χ4v) is 2.28. The van der Waals surface area contributed by atoms with Gasteiger partial charge in [0.05, 0.1) is 19.2 Å². The van der Waals surface area contributed by atoms with Crippen LogP contribution in [0.4, 0.5) is 14.8 Å². The number of halogens is 2. The first-order valence-electron chi connectivity index (χ1n) is 5.75. The summed E-state index contributed by atoms with van der Waals surface area (Å²) in [6.45, 7) is -0.0198. The molecule has 4 nitrogen and oxygen atoms in total. The molecule has 0 bridgehead atoms. The molecule has 2 atom stereocenters. The zero-order valence-electron chi connectivity index (χ0n) is 9.51. The normalized spacial score (nSPS) is 24.1. The summed E-state index contributed by atoms with van der Waals surface area (Å²) in [6, 6.07) is 3.92. The van der Waals surface area contributed by atoms with Crippen LogP contribution in [0.3, 0.4) is 0 Å². The van der Waals surface area contributed by atoms with E-state index in [1.807, 2.05) is 0 Å². The molecule has 0 amide bonds. The molecule has 0 radical (unpaired) electrons. The third-order valence-electron chi connectivity index (χ3n) is 3.16. The van der Waals surface area contributed by atoms with E-state index in [2.05, 4.69) is 4.98 Å². The van der Waals surface area contributed by atoms with Gasteiger partial charge < -0.3 is 14.4 Å². The van der Waals surface area contributed by atoms with Crippen LogP contribution in [0.1, 0.15) is 6.42 Å². The van der Waals surface area contributed by atoms with Gasteiger partial charge in [0.1, 0.15) is 17.5 Å². The minimum Gasteiger partial charge on any atom is -0.423 e. The highest BCUT2D eigenvalue weighted by atomic mass is 19.1. The van der Waals surface area contributed by atoms with Crippen LogP contribution >= 0.6 is 0 Å². The maximum Gasteiger partial charge on any atom is 0.298 e. The van der Waals surface area contributed by atoms with Crippen LogP contribution in [0, 0.1) is 5.82 Å². The molecular weight excluding hydrogens is 242 g/mol. The molecular formula is C12H12F2N2O2. The Kier molecular flexibility index (Phi) is 2.66. The zero-order valence-corrected chi connectivity index (χ0v) is 9.51. The van der Waals surface area contributed by atoms with E-state index in [1.165, 1.54) is 18.2 Å². The van der Waals surface area contributed by atoms with E-state index in [-0.39, 0.29) is 31.6 Å². The van der Waals surface area contributed by atoms with Crippen molar-refractivity contribution in [3.05, 3.63) is 24.0 Å². The number of aromatic nitrogens is 1. The average Bonchev–Trinajstić information content (AvgIpc) is 2.91. The molecule has 1 saturated heterocycles. The van der Waals surface area contributed by atoms with Crippen molar-refractivity contribution in [1.29, 1.82) is 0 Å². The molecule has 0 aliphatic carbocycles. The van der Waals surface area contributed by atoms with Crippen LogP contribution in [0.15, 0.2) is 22.6 Å². The molecule has 96 valence electrons. The van der Waals surface area contributed by atoms with Gasteiger partial charge in [-0.1, -0.05) is 0 Å². The summed E-state index contributed by atoms with van der Waals surface area (Å²) < 4.78 is 31.8. The molecule has 3 rings (SSSR count). The van der Waals surface area contributed by atoms with Crippen molar-refractivity contribution in [1.82, 2.24) is 4.98 Å². The van der Waals surface area contributed by atoms with Gasteiger partial charge in [-0.2, -0.15) is 4.98 Å². The van der Waals surface area contributed by atoms with Crippen molar-refractivity contribution in [2.75, 3.05) is 18.1 Å². The number of hydrogen-bond donors (Lipinski definition) is 1. The summed E-state index contributed by atoms with van der Waals surface area (Å²) in [5.74, 6) is -0.397. The molecule has 18 heavy (non-hydrogen) atoms. The topological polar surface area (TPSA) is 49.5 Å². The van der Waals surface area contributed by atoms with E-state index < -0.39 is 12.0 Å². The fourth-order valence-electron chi connectivity index (χ4n) is 2.28. The summed E-state index contributed by atoms with van der Waals surface area (Å²) >= 11 is 0. The van der Waals surface area contributed by atoms with Gasteiger partial charge in [-0.15, -0.1) is 0 Å². The molecule has 2 heterocycles. The fraction of sp³-hybridized carbons (Fsp3) is 0.417. The Morgan fingerprint density at radius 1 is 1.50 bits per heavy atom. The molecule has 1 aliphatic rings. The Morgan fingerprint density at radius 2 is 2.33 bits per heavy atom. The van der Waals surface area contributed by atoms with Gasteiger partial charge in [-0.25, -0.2) is 8.78 Å². The highest BCUT2D eigenvalue weighted by molar-refractivity contribution is 5.74. The number of nitrogens with zero attached hydrogens (tertiary/aromatic N) is 2. The van der Waals surface area contributed by atoms with Crippen LogP contribution < -0.4 is 4.90 Å². The van der Waals surface area contributed by atoms with Crippen LogP contribution in [0.25, 0.3) is 11.1 Å². The first-order valence-corrected chi connectivity index (χ1v) is 5.75. The SMILES string of the molecule is OC[C@@H]1C[C@H](F)CN1c1nc2cc(F)ccc2o1. The number of benzene rings is 1. The van der Waals surface area contributed by atoms with E-state index in [9.17, 15) is 13.9 Å². The minimum absolute atomic E-state index is 0.139. The second kappa shape index (κ2) is 4.20. The van der Waals surface area contributed by atoms with E-state index >= 15 is 0 Å². The van der Waals surface area contributed by atoms with Gasteiger partial charge >= 0.3 is 0 Å². The first-order chi connectivity index (χ1) is 8.67. The van der Waals surface area contributed by atoms with Crippen LogP contribution in [0.2, 0.25) is 0 Å². The predicted molar refractivity (Wildman–Crippen MR) is 61.7 cm³/mol. The molecule has 2 aromatic rings. The van der Waals surface area contributed by atoms with Gasteiger partial charge in [0.25, 0.3) is 6.01 Å². The standard InChI is InChI=1S/C12H12F2N2O2/c13-7-1-2-11-10(4-7)15-12(18-11)16-5-8(14)3-9(16)6-17/h1-2,4,8-9,17H,3,5-6H2/t8-,9-/m0/s1. The summed E-state index contributed by atoms with van der Waals surface area (Å²) in [5.41, 5.74) is 0.842. The van der Waals surface area contributed by atoms with E-state index in [0.717, 1.165) is 0 Å². The average molecular weight is 254 g/mol. The summed E-state index contributed by atoms with van der Waals surface area (Å²) in [4.78, 5) is 5.72. The van der Waals surface area contributed by atoms with Crippen molar-refractivity contribution in [2.45, 2.75) is 18.6 Å². The van der Waals surface area contributed by atoms with E-state index in [1.54, 1.807) is 4.90 Å². The second-order valence-corrected chi connectivity index (χ2v) is 4.43. The number of anilines is 1. The Balaban J connectivity index is 1.98.